The molecule has 130 valence electrons. The van der Waals surface area contributed by atoms with Crippen molar-refractivity contribution in [1.29, 1.82) is 0 Å². The van der Waals surface area contributed by atoms with E-state index in [1.54, 1.807) is 18.3 Å². The second kappa shape index (κ2) is 5.65. The van der Waals surface area contributed by atoms with Crippen LogP contribution in [0.2, 0.25) is 0 Å². The Morgan fingerprint density at radius 2 is 2.08 bits per heavy atom. The molecule has 0 spiro atoms. The fourth-order valence-corrected chi connectivity index (χ4v) is 2.93. The lowest BCUT2D eigenvalue weighted by Crippen LogP contribution is -2.23. The molecule has 0 bridgehead atoms. The zero-order valence-corrected chi connectivity index (χ0v) is 13.0. The number of hydrogen-bond donors (Lipinski definition) is 1. The summed E-state index contributed by atoms with van der Waals surface area (Å²) in [5.74, 6) is -0.0517. The summed E-state index contributed by atoms with van der Waals surface area (Å²) in [5, 5.41) is 2.81. The van der Waals surface area contributed by atoms with Gasteiger partial charge in [0.1, 0.15) is 5.75 Å². The fourth-order valence-electron chi connectivity index (χ4n) is 2.93. The van der Waals surface area contributed by atoms with Gasteiger partial charge in [0.2, 0.25) is 0 Å². The van der Waals surface area contributed by atoms with E-state index in [-0.39, 0.29) is 23.6 Å². The second-order valence-corrected chi connectivity index (χ2v) is 6.08. The number of hydrogen-bond acceptors (Lipinski definition) is 3. The van der Waals surface area contributed by atoms with Gasteiger partial charge in [0.05, 0.1) is 5.69 Å². The molecule has 1 aliphatic rings. The van der Waals surface area contributed by atoms with Gasteiger partial charge in [-0.25, -0.2) is 9.50 Å². The molecule has 0 amide bonds. The fraction of sp³-hybridized carbons (Fsp3) is 0.294. The lowest BCUT2D eigenvalue weighted by Gasteiger charge is -2.11. The Morgan fingerprint density at radius 3 is 2.80 bits per heavy atom. The second-order valence-electron chi connectivity index (χ2n) is 6.08. The molecule has 25 heavy (non-hydrogen) atoms. The Labute approximate surface area is 140 Å². The third kappa shape index (κ3) is 3.24. The molecule has 1 aromatic carbocycles. The molecular formula is C17H14F3N3O2. The lowest BCUT2D eigenvalue weighted by atomic mass is 10.0. The van der Waals surface area contributed by atoms with Crippen LogP contribution in [0, 0.1) is 0 Å². The molecule has 1 N–H and O–H groups in total. The Kier molecular flexibility index (Phi) is 3.55. The minimum Gasteiger partial charge on any atom is -0.406 e. The van der Waals surface area contributed by atoms with E-state index in [1.165, 1.54) is 22.7 Å². The highest BCUT2D eigenvalue weighted by atomic mass is 19.4. The molecule has 1 fully saturated rings. The van der Waals surface area contributed by atoms with Gasteiger partial charge in [-0.15, -0.1) is 13.2 Å². The molecule has 0 aliphatic heterocycles. The van der Waals surface area contributed by atoms with E-state index in [0.717, 1.165) is 18.5 Å². The van der Waals surface area contributed by atoms with Crippen LogP contribution >= 0.6 is 0 Å². The lowest BCUT2D eigenvalue weighted by molar-refractivity contribution is -0.274. The predicted molar refractivity (Wildman–Crippen MR) is 83.7 cm³/mol. The minimum absolute atomic E-state index is 0.203. The number of aromatic amines is 1. The van der Waals surface area contributed by atoms with Crippen LogP contribution in [0.5, 0.6) is 5.75 Å². The standard InChI is InChI=1S/C17H14F3N3O2/c18-17(19,20)25-12-3-1-2-10(8-12)9-13-15(11-4-5-11)22-14-6-7-21-23(14)16(13)24/h1-3,6-8,11,21H,4-5,9H2. The highest BCUT2D eigenvalue weighted by Gasteiger charge is 2.32. The maximum Gasteiger partial charge on any atom is 0.573 e. The van der Waals surface area contributed by atoms with Gasteiger partial charge in [0.15, 0.2) is 5.65 Å². The van der Waals surface area contributed by atoms with E-state index in [0.29, 0.717) is 16.8 Å². The number of rotatable bonds is 4. The van der Waals surface area contributed by atoms with Gasteiger partial charge in [-0.3, -0.25) is 9.89 Å². The number of aromatic nitrogens is 3. The first-order valence-corrected chi connectivity index (χ1v) is 7.84. The van der Waals surface area contributed by atoms with Crippen LogP contribution in [0.1, 0.15) is 35.6 Å². The van der Waals surface area contributed by atoms with E-state index in [4.69, 9.17) is 0 Å². The van der Waals surface area contributed by atoms with Gasteiger partial charge in [0, 0.05) is 30.2 Å². The summed E-state index contributed by atoms with van der Waals surface area (Å²) in [6.07, 6.45) is -0.979. The van der Waals surface area contributed by atoms with Crippen LogP contribution in [0.3, 0.4) is 0 Å². The van der Waals surface area contributed by atoms with Crippen molar-refractivity contribution < 1.29 is 17.9 Å². The largest absolute Gasteiger partial charge is 0.573 e. The molecule has 0 atom stereocenters. The highest BCUT2D eigenvalue weighted by molar-refractivity contribution is 5.43. The third-order valence-electron chi connectivity index (χ3n) is 4.15. The molecule has 5 nitrogen and oxygen atoms in total. The third-order valence-corrected chi connectivity index (χ3v) is 4.15. The van der Waals surface area contributed by atoms with Crippen LogP contribution in [0.15, 0.2) is 41.3 Å². The van der Waals surface area contributed by atoms with Crippen molar-refractivity contribution in [3.63, 3.8) is 0 Å². The van der Waals surface area contributed by atoms with Crippen molar-refractivity contribution >= 4 is 5.65 Å². The zero-order valence-electron chi connectivity index (χ0n) is 13.0. The van der Waals surface area contributed by atoms with Gasteiger partial charge in [-0.2, -0.15) is 0 Å². The number of ether oxygens (including phenoxy) is 1. The number of nitrogens with zero attached hydrogens (tertiary/aromatic N) is 2. The van der Waals surface area contributed by atoms with E-state index in [9.17, 15) is 18.0 Å². The summed E-state index contributed by atoms with van der Waals surface area (Å²) in [5.41, 5.74) is 2.14. The molecule has 0 saturated heterocycles. The summed E-state index contributed by atoms with van der Waals surface area (Å²) in [6.45, 7) is 0. The molecule has 0 unspecified atom stereocenters. The van der Waals surface area contributed by atoms with Crippen molar-refractivity contribution in [3.05, 3.63) is 63.7 Å². The number of H-pyrrole nitrogens is 1. The molecule has 1 aliphatic carbocycles. The van der Waals surface area contributed by atoms with Crippen molar-refractivity contribution in [2.75, 3.05) is 0 Å². The topological polar surface area (TPSA) is 59.4 Å². The quantitative estimate of drug-likeness (QED) is 0.785. The number of fused-ring (bicyclic) bond motifs is 1. The van der Waals surface area contributed by atoms with E-state index in [2.05, 4.69) is 14.8 Å². The Balaban J connectivity index is 1.73. The summed E-state index contributed by atoms with van der Waals surface area (Å²) in [4.78, 5) is 17.3. The van der Waals surface area contributed by atoms with E-state index in [1.807, 2.05) is 0 Å². The van der Waals surface area contributed by atoms with Crippen LogP contribution in [0.25, 0.3) is 5.65 Å². The van der Waals surface area contributed by atoms with Crippen molar-refractivity contribution in [2.45, 2.75) is 31.5 Å². The molecule has 0 radical (unpaired) electrons. The molecule has 8 heteroatoms. The molecule has 1 saturated carbocycles. The molecule has 2 aromatic heterocycles. The van der Waals surface area contributed by atoms with Gasteiger partial charge >= 0.3 is 6.36 Å². The smallest absolute Gasteiger partial charge is 0.406 e. The molecule has 2 heterocycles. The molecule has 4 rings (SSSR count). The first-order chi connectivity index (χ1) is 11.9. The van der Waals surface area contributed by atoms with Crippen LogP contribution in [0.4, 0.5) is 13.2 Å². The predicted octanol–water partition coefficient (Wildman–Crippen LogP) is 3.39. The number of halogens is 3. The Bertz CT molecular complexity index is 987. The summed E-state index contributed by atoms with van der Waals surface area (Å²) in [7, 11) is 0. The van der Waals surface area contributed by atoms with Crippen LogP contribution in [-0.4, -0.2) is 21.0 Å². The van der Waals surface area contributed by atoms with E-state index >= 15 is 0 Å². The van der Waals surface area contributed by atoms with Crippen molar-refractivity contribution in [3.8, 4) is 5.75 Å². The zero-order chi connectivity index (χ0) is 17.6. The molecule has 3 aromatic rings. The normalized spacial score (nSPS) is 14.8. The maximum absolute atomic E-state index is 12.7. The maximum atomic E-state index is 12.7. The monoisotopic (exact) mass is 349 g/mol. The van der Waals surface area contributed by atoms with Gasteiger partial charge < -0.3 is 4.74 Å². The average molecular weight is 349 g/mol. The number of alkyl halides is 3. The first kappa shape index (κ1) is 15.7. The van der Waals surface area contributed by atoms with Gasteiger partial charge in [-0.1, -0.05) is 12.1 Å². The van der Waals surface area contributed by atoms with Crippen molar-refractivity contribution in [1.82, 2.24) is 14.6 Å². The van der Waals surface area contributed by atoms with Crippen LogP contribution in [-0.2, 0) is 6.42 Å². The van der Waals surface area contributed by atoms with Crippen LogP contribution < -0.4 is 10.3 Å². The molecular weight excluding hydrogens is 335 g/mol. The minimum atomic E-state index is -4.75. The highest BCUT2D eigenvalue weighted by Crippen LogP contribution is 2.40. The van der Waals surface area contributed by atoms with Gasteiger partial charge in [-0.05, 0) is 30.5 Å². The van der Waals surface area contributed by atoms with Crippen molar-refractivity contribution in [2.24, 2.45) is 0 Å². The average Bonchev–Trinajstić information content (AvgIpc) is 3.26. The van der Waals surface area contributed by atoms with Gasteiger partial charge in [0.25, 0.3) is 5.56 Å². The number of benzene rings is 1. The first-order valence-electron chi connectivity index (χ1n) is 7.84. The van der Waals surface area contributed by atoms with E-state index < -0.39 is 6.36 Å². The summed E-state index contributed by atoms with van der Waals surface area (Å²) < 4.78 is 42.5. The number of nitrogens with one attached hydrogen (secondary N) is 1. The summed E-state index contributed by atoms with van der Waals surface area (Å²) in [6, 6.07) is 7.40. The SMILES string of the molecule is O=c1c(Cc2cccc(OC(F)(F)F)c2)c(C2CC2)nc2cc[nH]n12. The summed E-state index contributed by atoms with van der Waals surface area (Å²) >= 11 is 0. The Morgan fingerprint density at radius 1 is 1.28 bits per heavy atom. The Hall–Kier alpha value is -2.77.